The molecular weight excluding hydrogens is 363 g/mol. The van der Waals surface area contributed by atoms with Gasteiger partial charge in [-0.2, -0.15) is 0 Å². The topological polar surface area (TPSA) is 41.1 Å². The van der Waals surface area contributed by atoms with Gasteiger partial charge in [0.2, 0.25) is 0 Å². The summed E-state index contributed by atoms with van der Waals surface area (Å²) in [6.45, 7) is 2.57. The first-order valence-electron chi connectivity index (χ1n) is 5.69. The largest absolute Gasteiger partial charge is 0.348 e. The fourth-order valence-electron chi connectivity index (χ4n) is 1.76. The Morgan fingerprint density at radius 1 is 1.39 bits per heavy atom. The molecule has 0 bridgehead atoms. The zero-order valence-corrected chi connectivity index (χ0v) is 12.9. The molecule has 1 aromatic rings. The first-order chi connectivity index (χ1) is 8.27. The number of halogens is 2. The second-order valence-electron chi connectivity index (χ2n) is 3.98. The van der Waals surface area contributed by atoms with Crippen LogP contribution in [0, 0.1) is 3.57 Å². The van der Waals surface area contributed by atoms with Gasteiger partial charge in [0.15, 0.2) is 0 Å². The Kier molecular flexibility index (Phi) is 6.67. The number of amides is 1. The predicted molar refractivity (Wildman–Crippen MR) is 84.3 cm³/mol. The van der Waals surface area contributed by atoms with Gasteiger partial charge >= 0.3 is 0 Å². The van der Waals surface area contributed by atoms with E-state index in [0.717, 1.165) is 28.6 Å². The van der Waals surface area contributed by atoms with Crippen LogP contribution < -0.4 is 10.6 Å². The Labute approximate surface area is 127 Å². The van der Waals surface area contributed by atoms with Gasteiger partial charge in [-0.05, 0) is 47.7 Å². The minimum absolute atomic E-state index is 0. The molecule has 1 aliphatic heterocycles. The molecule has 1 aliphatic rings. The number of hydrogen-bond donors (Lipinski definition) is 2. The van der Waals surface area contributed by atoms with Crippen molar-refractivity contribution in [2.24, 2.45) is 0 Å². The first-order valence-corrected chi connectivity index (χ1v) is 6.76. The lowest BCUT2D eigenvalue weighted by Crippen LogP contribution is -2.30. The molecule has 0 aliphatic carbocycles. The van der Waals surface area contributed by atoms with Gasteiger partial charge < -0.3 is 10.6 Å². The highest BCUT2D eigenvalue weighted by Crippen LogP contribution is 2.11. The summed E-state index contributed by atoms with van der Waals surface area (Å²) >= 11 is 2.18. The molecule has 18 heavy (non-hydrogen) atoms. The van der Waals surface area contributed by atoms with Gasteiger partial charge in [0.1, 0.15) is 0 Å². The minimum Gasteiger partial charge on any atom is -0.348 e. The monoisotopic (exact) mass is 378 g/mol. The Hall–Kier alpha value is -0.590. The van der Waals surface area contributed by atoms with Gasteiger partial charge in [-0.1, -0.05) is 23.8 Å². The third-order valence-corrected chi connectivity index (χ3v) is 3.69. The molecule has 5 heteroatoms. The van der Waals surface area contributed by atoms with Crippen LogP contribution in [0.3, 0.4) is 0 Å². The minimum atomic E-state index is 0. The standard InChI is InChI=1S/C13H15IN2O.ClH/c14-12-4-2-1-3-11(12)13(17)16-9-10-5-7-15-8-6-10;/h1-5,15H,6-9H2,(H,16,17);1H. The number of nitrogens with one attached hydrogen (secondary N) is 2. The first kappa shape index (κ1) is 15.5. The molecular formula is C13H16ClIN2O. The van der Waals surface area contributed by atoms with Crippen molar-refractivity contribution < 1.29 is 4.79 Å². The molecule has 1 amide bonds. The van der Waals surface area contributed by atoms with E-state index in [1.54, 1.807) is 0 Å². The number of carbonyl (C=O) groups excluding carboxylic acids is 1. The molecule has 0 unspecified atom stereocenters. The van der Waals surface area contributed by atoms with Gasteiger partial charge in [0.25, 0.3) is 5.91 Å². The van der Waals surface area contributed by atoms with Crippen molar-refractivity contribution in [1.29, 1.82) is 0 Å². The third kappa shape index (κ3) is 4.26. The average molecular weight is 379 g/mol. The van der Waals surface area contributed by atoms with Crippen LogP contribution in [0.1, 0.15) is 16.8 Å². The van der Waals surface area contributed by atoms with E-state index in [9.17, 15) is 4.79 Å². The predicted octanol–water partition coefficient (Wildman–Crippen LogP) is 2.36. The zero-order chi connectivity index (χ0) is 12.1. The summed E-state index contributed by atoms with van der Waals surface area (Å²) in [7, 11) is 0. The summed E-state index contributed by atoms with van der Waals surface area (Å²) in [5.74, 6) is 0.00873. The quantitative estimate of drug-likeness (QED) is 0.626. The summed E-state index contributed by atoms with van der Waals surface area (Å²) in [6, 6.07) is 7.63. The Bertz CT molecular complexity index is 448. The molecule has 98 valence electrons. The highest BCUT2D eigenvalue weighted by atomic mass is 127. The van der Waals surface area contributed by atoms with Crippen LogP contribution in [-0.2, 0) is 0 Å². The van der Waals surface area contributed by atoms with Gasteiger partial charge in [-0.15, -0.1) is 12.4 Å². The molecule has 2 N–H and O–H groups in total. The second kappa shape index (κ2) is 7.76. The lowest BCUT2D eigenvalue weighted by molar-refractivity contribution is 0.0955. The third-order valence-electron chi connectivity index (χ3n) is 2.75. The smallest absolute Gasteiger partial charge is 0.252 e. The van der Waals surface area contributed by atoms with E-state index in [4.69, 9.17) is 0 Å². The van der Waals surface area contributed by atoms with Gasteiger partial charge in [0.05, 0.1) is 5.56 Å². The van der Waals surface area contributed by atoms with E-state index in [-0.39, 0.29) is 18.3 Å². The summed E-state index contributed by atoms with van der Waals surface area (Å²) < 4.78 is 0.988. The Balaban J connectivity index is 0.00000162. The molecule has 1 heterocycles. The van der Waals surface area contributed by atoms with Crippen molar-refractivity contribution in [1.82, 2.24) is 10.6 Å². The Morgan fingerprint density at radius 2 is 2.17 bits per heavy atom. The van der Waals surface area contributed by atoms with Gasteiger partial charge in [-0.25, -0.2) is 0 Å². The second-order valence-corrected chi connectivity index (χ2v) is 5.14. The molecule has 0 fully saturated rings. The maximum absolute atomic E-state index is 11.9. The van der Waals surface area contributed by atoms with Gasteiger partial charge in [-0.3, -0.25) is 4.79 Å². The molecule has 0 saturated heterocycles. The molecule has 0 aromatic heterocycles. The highest BCUT2D eigenvalue weighted by molar-refractivity contribution is 14.1. The van der Waals surface area contributed by atoms with Crippen molar-refractivity contribution in [3.63, 3.8) is 0 Å². The number of rotatable bonds is 3. The van der Waals surface area contributed by atoms with Crippen molar-refractivity contribution in [2.45, 2.75) is 6.42 Å². The zero-order valence-electron chi connectivity index (χ0n) is 9.91. The molecule has 3 nitrogen and oxygen atoms in total. The number of hydrogen-bond acceptors (Lipinski definition) is 2. The fourth-order valence-corrected chi connectivity index (χ4v) is 2.40. The lowest BCUT2D eigenvalue weighted by Gasteiger charge is -2.14. The van der Waals surface area contributed by atoms with Crippen LogP contribution in [0.4, 0.5) is 0 Å². The van der Waals surface area contributed by atoms with Crippen molar-refractivity contribution in [3.8, 4) is 0 Å². The van der Waals surface area contributed by atoms with Gasteiger partial charge in [0, 0.05) is 16.7 Å². The van der Waals surface area contributed by atoms with E-state index in [1.807, 2.05) is 24.3 Å². The molecule has 1 aromatic carbocycles. The maximum Gasteiger partial charge on any atom is 0.252 e. The molecule has 0 radical (unpaired) electrons. The maximum atomic E-state index is 11.9. The van der Waals surface area contributed by atoms with Crippen LogP contribution in [0.5, 0.6) is 0 Å². The summed E-state index contributed by atoms with van der Waals surface area (Å²) in [5.41, 5.74) is 2.06. The van der Waals surface area contributed by atoms with Crippen LogP contribution in [-0.4, -0.2) is 25.5 Å². The van der Waals surface area contributed by atoms with E-state index in [2.05, 4.69) is 39.3 Å². The fraction of sp³-hybridized carbons (Fsp3) is 0.308. The number of carbonyl (C=O) groups is 1. The Morgan fingerprint density at radius 3 is 2.83 bits per heavy atom. The van der Waals surface area contributed by atoms with E-state index < -0.39 is 0 Å². The van der Waals surface area contributed by atoms with Crippen LogP contribution >= 0.6 is 35.0 Å². The molecule has 0 atom stereocenters. The van der Waals surface area contributed by atoms with E-state index >= 15 is 0 Å². The van der Waals surface area contributed by atoms with Crippen molar-refractivity contribution in [3.05, 3.63) is 45.0 Å². The summed E-state index contributed by atoms with van der Waals surface area (Å²) in [5, 5.41) is 6.22. The van der Waals surface area contributed by atoms with Crippen LogP contribution in [0.2, 0.25) is 0 Å². The lowest BCUT2D eigenvalue weighted by atomic mass is 10.1. The van der Waals surface area contributed by atoms with E-state index in [0.29, 0.717) is 6.54 Å². The number of benzene rings is 1. The SMILES string of the molecule is Cl.O=C(NCC1=CCNCC1)c1ccccc1I. The van der Waals surface area contributed by atoms with Crippen LogP contribution in [0.25, 0.3) is 0 Å². The molecule has 2 rings (SSSR count). The molecule has 0 spiro atoms. The van der Waals surface area contributed by atoms with Crippen molar-refractivity contribution >= 4 is 40.9 Å². The summed E-state index contributed by atoms with van der Waals surface area (Å²) in [6.07, 6.45) is 3.17. The van der Waals surface area contributed by atoms with Crippen LogP contribution in [0.15, 0.2) is 35.9 Å². The summed E-state index contributed by atoms with van der Waals surface area (Å²) in [4.78, 5) is 11.9. The normalized spacial score (nSPS) is 14.4. The van der Waals surface area contributed by atoms with Crippen molar-refractivity contribution in [2.75, 3.05) is 19.6 Å². The highest BCUT2D eigenvalue weighted by Gasteiger charge is 2.09. The molecule has 0 saturated carbocycles. The van der Waals surface area contributed by atoms with E-state index in [1.165, 1.54) is 5.57 Å². The average Bonchev–Trinajstić information content (AvgIpc) is 2.38.